The molecule has 20 heavy (non-hydrogen) atoms. The molecule has 1 heterocycles. The van der Waals surface area contributed by atoms with Crippen molar-refractivity contribution >= 4 is 27.3 Å². The van der Waals surface area contributed by atoms with Crippen LogP contribution in [-0.2, 0) is 6.42 Å². The van der Waals surface area contributed by atoms with Crippen LogP contribution in [0.15, 0.2) is 46.9 Å². The van der Waals surface area contributed by atoms with Crippen molar-refractivity contribution in [2.45, 2.75) is 19.4 Å². The van der Waals surface area contributed by atoms with E-state index in [1.54, 1.807) is 0 Å². The molecular weight excluding hydrogens is 312 g/mol. The zero-order chi connectivity index (χ0) is 14.1. The zero-order valence-electron chi connectivity index (χ0n) is 11.9. The van der Waals surface area contributed by atoms with Crippen LogP contribution in [0.1, 0.15) is 24.1 Å². The highest BCUT2D eigenvalue weighted by Gasteiger charge is 2.23. The second kappa shape index (κ2) is 5.58. The topological polar surface area (TPSA) is 15.3 Å². The van der Waals surface area contributed by atoms with Gasteiger partial charge in [0.1, 0.15) is 0 Å². The molecule has 2 aromatic rings. The van der Waals surface area contributed by atoms with Crippen molar-refractivity contribution < 1.29 is 0 Å². The van der Waals surface area contributed by atoms with Crippen LogP contribution >= 0.6 is 15.9 Å². The molecule has 1 N–H and O–H groups in total. The summed E-state index contributed by atoms with van der Waals surface area (Å²) in [7, 11) is 2.01. The van der Waals surface area contributed by atoms with Crippen molar-refractivity contribution in [1.82, 2.24) is 5.32 Å². The van der Waals surface area contributed by atoms with E-state index in [9.17, 15) is 0 Å². The lowest BCUT2D eigenvalue weighted by atomic mass is 10.1. The smallest absolute Gasteiger partial charge is 0.0470 e. The maximum Gasteiger partial charge on any atom is 0.0470 e. The third-order valence-corrected chi connectivity index (χ3v) is 4.56. The van der Waals surface area contributed by atoms with Crippen molar-refractivity contribution in [2.24, 2.45) is 0 Å². The molecule has 2 aromatic carbocycles. The molecule has 3 rings (SSSR count). The Morgan fingerprint density at radius 2 is 1.95 bits per heavy atom. The minimum atomic E-state index is 0.339. The average molecular weight is 331 g/mol. The molecule has 1 aliphatic heterocycles. The van der Waals surface area contributed by atoms with Crippen LogP contribution in [-0.4, -0.2) is 13.6 Å². The molecule has 0 radical (unpaired) electrons. The highest BCUT2D eigenvalue weighted by Crippen LogP contribution is 2.39. The van der Waals surface area contributed by atoms with Gasteiger partial charge in [0.25, 0.3) is 0 Å². The first-order valence-electron chi connectivity index (χ1n) is 7.03. The van der Waals surface area contributed by atoms with Crippen molar-refractivity contribution in [3.63, 3.8) is 0 Å². The van der Waals surface area contributed by atoms with Crippen LogP contribution in [0.25, 0.3) is 0 Å². The molecule has 104 valence electrons. The molecule has 0 aromatic heterocycles. The van der Waals surface area contributed by atoms with E-state index >= 15 is 0 Å². The summed E-state index contributed by atoms with van der Waals surface area (Å²) < 4.78 is 1.13. The first kappa shape index (κ1) is 13.7. The van der Waals surface area contributed by atoms with Gasteiger partial charge in [-0.25, -0.2) is 0 Å². The van der Waals surface area contributed by atoms with Gasteiger partial charge in [-0.05, 0) is 49.7 Å². The molecular formula is C17H19BrN2. The Morgan fingerprint density at radius 3 is 2.75 bits per heavy atom. The maximum absolute atomic E-state index is 3.61. The predicted molar refractivity (Wildman–Crippen MR) is 88.8 cm³/mol. The summed E-state index contributed by atoms with van der Waals surface area (Å²) >= 11 is 3.61. The second-order valence-corrected chi connectivity index (χ2v) is 6.16. The standard InChI is InChI=1S/C17H19BrN2/c1-12(19-2)15-8-7-14(18)11-17(15)20-10-9-13-5-3-4-6-16(13)20/h3-8,11-12,19H,9-10H2,1-2H3. The predicted octanol–water partition coefficient (Wildman–Crippen LogP) is 4.42. The van der Waals surface area contributed by atoms with E-state index < -0.39 is 0 Å². The molecule has 0 fully saturated rings. The van der Waals surface area contributed by atoms with E-state index in [0.717, 1.165) is 17.4 Å². The van der Waals surface area contributed by atoms with E-state index in [-0.39, 0.29) is 0 Å². The normalized spacial score (nSPS) is 15.2. The first-order valence-corrected chi connectivity index (χ1v) is 7.82. The van der Waals surface area contributed by atoms with Gasteiger partial charge in [0.15, 0.2) is 0 Å². The highest BCUT2D eigenvalue weighted by atomic mass is 79.9. The van der Waals surface area contributed by atoms with Gasteiger partial charge in [0.05, 0.1) is 0 Å². The third kappa shape index (κ3) is 2.36. The Hall–Kier alpha value is -1.32. The molecule has 0 saturated carbocycles. The second-order valence-electron chi connectivity index (χ2n) is 5.24. The van der Waals surface area contributed by atoms with E-state index in [0.29, 0.717) is 6.04 Å². The van der Waals surface area contributed by atoms with Gasteiger partial charge in [0, 0.05) is 28.4 Å². The number of fused-ring (bicyclic) bond motifs is 1. The van der Waals surface area contributed by atoms with Gasteiger partial charge < -0.3 is 10.2 Å². The Kier molecular flexibility index (Phi) is 3.81. The average Bonchev–Trinajstić information content (AvgIpc) is 2.90. The fourth-order valence-corrected chi connectivity index (χ4v) is 3.21. The number of nitrogens with one attached hydrogen (secondary N) is 1. The summed E-state index contributed by atoms with van der Waals surface area (Å²) in [6.45, 7) is 3.26. The van der Waals surface area contributed by atoms with Crippen LogP contribution in [0.3, 0.4) is 0 Å². The Balaban J connectivity index is 2.09. The largest absolute Gasteiger partial charge is 0.341 e. The van der Waals surface area contributed by atoms with E-state index in [1.807, 2.05) is 7.05 Å². The van der Waals surface area contributed by atoms with Crippen LogP contribution < -0.4 is 10.2 Å². The lowest BCUT2D eigenvalue weighted by molar-refractivity contribution is 0.651. The number of hydrogen-bond acceptors (Lipinski definition) is 2. The minimum Gasteiger partial charge on any atom is -0.341 e. The summed E-state index contributed by atoms with van der Waals surface area (Å²) in [6.07, 6.45) is 1.12. The van der Waals surface area contributed by atoms with E-state index in [4.69, 9.17) is 0 Å². The third-order valence-electron chi connectivity index (χ3n) is 4.07. The molecule has 0 aliphatic carbocycles. The Morgan fingerprint density at radius 1 is 1.15 bits per heavy atom. The minimum absolute atomic E-state index is 0.339. The molecule has 1 unspecified atom stereocenters. The number of benzene rings is 2. The molecule has 0 amide bonds. The van der Waals surface area contributed by atoms with Gasteiger partial charge in [0.2, 0.25) is 0 Å². The molecule has 2 nitrogen and oxygen atoms in total. The summed E-state index contributed by atoms with van der Waals surface area (Å²) in [4.78, 5) is 2.43. The lowest BCUT2D eigenvalue weighted by Crippen LogP contribution is -2.20. The van der Waals surface area contributed by atoms with Crippen LogP contribution in [0.5, 0.6) is 0 Å². The monoisotopic (exact) mass is 330 g/mol. The van der Waals surface area contributed by atoms with E-state index in [2.05, 4.69) is 75.5 Å². The van der Waals surface area contributed by atoms with Gasteiger partial charge >= 0.3 is 0 Å². The first-order chi connectivity index (χ1) is 9.70. The number of para-hydroxylation sites is 1. The number of halogens is 1. The lowest BCUT2D eigenvalue weighted by Gasteiger charge is -2.25. The summed E-state index contributed by atoms with van der Waals surface area (Å²) in [5, 5.41) is 3.35. The van der Waals surface area contributed by atoms with Crippen LogP contribution in [0.2, 0.25) is 0 Å². The maximum atomic E-state index is 3.61. The van der Waals surface area contributed by atoms with Gasteiger partial charge in [-0.1, -0.05) is 40.2 Å². The number of hydrogen-bond donors (Lipinski definition) is 1. The molecule has 1 atom stereocenters. The highest BCUT2D eigenvalue weighted by molar-refractivity contribution is 9.10. The molecule has 0 bridgehead atoms. The number of anilines is 2. The summed E-state index contributed by atoms with van der Waals surface area (Å²) in [6, 6.07) is 15.6. The quantitative estimate of drug-likeness (QED) is 0.895. The van der Waals surface area contributed by atoms with Gasteiger partial charge in [-0.2, -0.15) is 0 Å². The fourth-order valence-electron chi connectivity index (χ4n) is 2.86. The van der Waals surface area contributed by atoms with Crippen LogP contribution in [0.4, 0.5) is 11.4 Å². The SMILES string of the molecule is CNC(C)c1ccc(Br)cc1N1CCc2ccccc21. The van der Waals surface area contributed by atoms with Gasteiger partial charge in [-0.15, -0.1) is 0 Å². The van der Waals surface area contributed by atoms with E-state index in [1.165, 1.54) is 22.5 Å². The number of nitrogens with zero attached hydrogens (tertiary/aromatic N) is 1. The molecule has 0 saturated heterocycles. The van der Waals surface area contributed by atoms with Crippen molar-refractivity contribution in [2.75, 3.05) is 18.5 Å². The fraction of sp³-hybridized carbons (Fsp3) is 0.294. The number of rotatable bonds is 3. The Bertz CT molecular complexity index is 624. The zero-order valence-corrected chi connectivity index (χ0v) is 13.4. The summed E-state index contributed by atoms with van der Waals surface area (Å²) in [5.41, 5.74) is 5.42. The Labute approximate surface area is 128 Å². The summed E-state index contributed by atoms with van der Waals surface area (Å²) in [5.74, 6) is 0. The molecule has 1 aliphatic rings. The van der Waals surface area contributed by atoms with Crippen molar-refractivity contribution in [3.05, 3.63) is 58.1 Å². The molecule has 0 spiro atoms. The van der Waals surface area contributed by atoms with Crippen molar-refractivity contribution in [1.29, 1.82) is 0 Å². The van der Waals surface area contributed by atoms with Gasteiger partial charge in [-0.3, -0.25) is 0 Å². The van der Waals surface area contributed by atoms with Crippen molar-refractivity contribution in [3.8, 4) is 0 Å². The van der Waals surface area contributed by atoms with Crippen LogP contribution in [0, 0.1) is 0 Å². The molecule has 3 heteroatoms.